The van der Waals surface area contributed by atoms with Gasteiger partial charge in [-0.05, 0) is 144 Å². The summed E-state index contributed by atoms with van der Waals surface area (Å²) in [6, 6.07) is 61.9. The molecule has 8 aromatic carbocycles. The third kappa shape index (κ3) is 49.0. The predicted octanol–water partition coefficient (Wildman–Crippen LogP) is 28.7. The minimum atomic E-state index is 0.0583. The van der Waals surface area contributed by atoms with Crippen LogP contribution in [-0.4, -0.2) is 130 Å². The van der Waals surface area contributed by atoms with E-state index < -0.39 is 0 Å². The highest BCUT2D eigenvalue weighted by Crippen LogP contribution is 2.21. The maximum absolute atomic E-state index is 12.8. The molecule has 1 aliphatic heterocycles. The summed E-state index contributed by atoms with van der Waals surface area (Å²) in [4.78, 5) is 86.9. The Morgan fingerprint density at radius 2 is 0.643 bits per heavy atom. The van der Waals surface area contributed by atoms with Gasteiger partial charge in [0.15, 0.2) is 23.1 Å². The predicted molar refractivity (Wildman–Crippen MR) is 593 cm³/mol. The molecule has 8 heterocycles. The lowest BCUT2D eigenvalue weighted by Gasteiger charge is -2.32. The van der Waals surface area contributed by atoms with Gasteiger partial charge in [-0.2, -0.15) is 5.10 Å². The summed E-state index contributed by atoms with van der Waals surface area (Å²) < 4.78 is 5.75. The van der Waals surface area contributed by atoms with Crippen molar-refractivity contribution in [3.8, 4) is 64.4 Å². The van der Waals surface area contributed by atoms with Gasteiger partial charge in [-0.15, -0.1) is 11.3 Å². The molecule has 20 heteroatoms. The molecule has 0 atom stereocenters. The number of hydrogen-bond acceptors (Lipinski definition) is 14. The molecule has 16 rings (SSSR count). The number of H-pyrrole nitrogens is 3. The second kappa shape index (κ2) is 82.7. The van der Waals surface area contributed by atoms with Crippen LogP contribution in [0.2, 0.25) is 0 Å². The summed E-state index contributed by atoms with van der Waals surface area (Å²) in [6.07, 6.45) is 29.1. The molecule has 0 spiro atoms. The van der Waals surface area contributed by atoms with E-state index in [0.717, 1.165) is 121 Å². The zero-order chi connectivity index (χ0) is 105. The fourth-order valence-corrected chi connectivity index (χ4v) is 12.5. The molecule has 1 saturated heterocycles. The van der Waals surface area contributed by atoms with E-state index in [2.05, 4.69) is 139 Å². The van der Waals surface area contributed by atoms with Crippen LogP contribution in [0.15, 0.2) is 294 Å². The highest BCUT2D eigenvalue weighted by atomic mass is 32.1. The Hall–Kier alpha value is -14.5. The Kier molecular flexibility index (Phi) is 75.4. The third-order valence-corrected chi connectivity index (χ3v) is 18.7. The Labute approximate surface area is 845 Å². The first-order valence-electron chi connectivity index (χ1n) is 50.1. The van der Waals surface area contributed by atoms with E-state index in [4.69, 9.17) is 0 Å². The Morgan fingerprint density at radius 3 is 0.943 bits per heavy atom. The number of nitrogens with one attached hydrogen (secondary N) is 3. The quantitative estimate of drug-likeness (QED) is 0.0570. The average molecular weight is 1910 g/mol. The Balaban J connectivity index is 0. The highest BCUT2D eigenvalue weighted by Gasteiger charge is 2.17. The number of nitrogens with zero attached hydrogens (tertiary/aromatic N) is 12. The average Bonchev–Trinajstić information content (AvgIpc) is 1.42. The van der Waals surface area contributed by atoms with Crippen LogP contribution in [0.5, 0.6) is 0 Å². The zero-order valence-corrected chi connectivity index (χ0v) is 90.3. The molecule has 3 N–H and O–H groups in total. The number of aromatic amines is 3. The summed E-state index contributed by atoms with van der Waals surface area (Å²) in [7, 11) is 2.17. The minimum Gasteiger partial charge on any atom is -0.338 e. The number of Topliss-reactive ketones (excluding diaryl/α,β-unsaturated/α-hetero) is 4. The number of imidazole rings is 5. The van der Waals surface area contributed by atoms with E-state index in [9.17, 15) is 19.2 Å². The number of aryl methyl sites for hydroxylation is 1. The van der Waals surface area contributed by atoms with Crippen LogP contribution in [-0.2, 0) is 32.2 Å². The molecule has 19 nitrogen and oxygen atoms in total. The van der Waals surface area contributed by atoms with Gasteiger partial charge in [0.25, 0.3) is 0 Å². The van der Waals surface area contributed by atoms with E-state index in [1.165, 1.54) is 5.56 Å². The van der Waals surface area contributed by atoms with Crippen LogP contribution >= 0.6 is 11.3 Å². The molecule has 7 aromatic heterocycles. The van der Waals surface area contributed by atoms with Crippen molar-refractivity contribution < 1.29 is 19.2 Å². The number of carbonyl (C=O) groups is 4. The number of thiazole rings is 1. The molecular formula is C120H159N15O4S. The number of carbonyl (C=O) groups excluding carboxylic acids is 4. The van der Waals surface area contributed by atoms with E-state index in [1.54, 1.807) is 92.5 Å². The molecule has 15 aromatic rings. The molecule has 0 aliphatic carbocycles. The van der Waals surface area contributed by atoms with Crippen molar-refractivity contribution in [2.75, 3.05) is 33.2 Å². The van der Waals surface area contributed by atoms with Crippen molar-refractivity contribution in [1.29, 1.82) is 0 Å². The maximum Gasteiger partial charge on any atom is 0.167 e. The summed E-state index contributed by atoms with van der Waals surface area (Å²) in [5.74, 6) is 24.7. The van der Waals surface area contributed by atoms with Crippen LogP contribution in [0.4, 0.5) is 0 Å². The molecule has 140 heavy (non-hydrogen) atoms. The monoisotopic (exact) mass is 1910 g/mol. The van der Waals surface area contributed by atoms with Gasteiger partial charge < -0.3 is 28.6 Å². The number of benzene rings is 8. The SMILES string of the molecule is CC.CC.CC.CC.CC.CC.CC.CC.CC.CC.CC.CC.CC.CC.CN1CCN(Cc2ccc(CC(=O)c3cccc(C#Cc4cnc[nH]4)c3)cc2)CC1.Cc1ncc(C#Cc2cccc(C(=O)Cc3cccc(-n4ccnc4)c3)c2)s1.O=C(Cc1cccc(-n2ccnc2)c1)c1cccc(C#Cc2cn[nH]c2)c1.O=C(Cc1cccc(-n2ccnc2)c1)c1cccc(C#Cc2cnc[nH]2)c1. The first-order valence-corrected chi connectivity index (χ1v) is 50.9. The largest absolute Gasteiger partial charge is 0.338 e. The summed E-state index contributed by atoms with van der Waals surface area (Å²) in [5.41, 5.74) is 16.4. The van der Waals surface area contributed by atoms with Crippen molar-refractivity contribution in [3.05, 3.63) is 393 Å². The van der Waals surface area contributed by atoms with Gasteiger partial charge in [0.1, 0.15) is 11.4 Å². The first kappa shape index (κ1) is 128. The highest BCUT2D eigenvalue weighted by molar-refractivity contribution is 7.12. The lowest BCUT2D eigenvalue weighted by Crippen LogP contribution is -2.43. The normalized spacial score (nSPS) is 9.79. The Morgan fingerprint density at radius 1 is 0.329 bits per heavy atom. The number of likely N-dealkylation sites (N-methyl/N-ethyl adjacent to an activating group) is 1. The third-order valence-electron chi connectivity index (χ3n) is 17.8. The lowest BCUT2D eigenvalue weighted by molar-refractivity contribution is 0.0984. The Bertz CT molecular complexity index is 5730. The standard InChI is InChI=1S/C25H26N4O.C23H17N3OS.2C22H16N4O.14C2H6/c1-28-11-13-29(14-12-28)18-22-7-5-21(6-8-22)16-25(30)23-4-2-3-20(15-23)9-10-24-17-26-19-27-24;1-17-25-15-22(28-17)9-8-18-4-2-6-20(12-18)23(27)14-19-5-3-7-21(13-19)26-11-10-24-16-26;27-22(13-18-4-2-6-21(12-18)26-10-9-23-16-26)20-5-1-3-17(11-20)7-8-19-14-24-25-15-19;27-22(13-18-4-2-6-21(12-18)26-10-9-23-16-26)19-5-1-3-17(11-19)7-8-20-14-24-15-25-20;14*1-2/h2-8,15,17,19H,11-14,16,18H2,1H3,(H,26,27);2-7,10-13,15-16H,14H2,1H3;2*1-6,9-12,14-16H,13H2,(H,24,25);14*1-2H3. The van der Waals surface area contributed by atoms with Crippen LogP contribution in [0.25, 0.3) is 17.1 Å². The molecule has 0 bridgehead atoms. The van der Waals surface area contributed by atoms with Crippen molar-refractivity contribution in [2.24, 2.45) is 0 Å². The van der Waals surface area contributed by atoms with Crippen LogP contribution in [0.1, 0.15) is 312 Å². The second-order valence-electron chi connectivity index (χ2n) is 26.2. The molecule has 0 saturated carbocycles. The fourth-order valence-electron chi connectivity index (χ4n) is 11.9. The first-order chi connectivity index (χ1) is 68.9. The molecule has 0 amide bonds. The van der Waals surface area contributed by atoms with Crippen LogP contribution in [0.3, 0.4) is 0 Å². The van der Waals surface area contributed by atoms with Crippen molar-refractivity contribution in [1.82, 2.24) is 73.6 Å². The second-order valence-corrected chi connectivity index (χ2v) is 27.4. The van der Waals surface area contributed by atoms with Crippen molar-refractivity contribution in [3.63, 3.8) is 0 Å². The maximum atomic E-state index is 12.8. The molecule has 1 fully saturated rings. The molecular weight excluding hydrogens is 1750 g/mol. The summed E-state index contributed by atoms with van der Waals surface area (Å²) in [6.45, 7) is 63.4. The van der Waals surface area contributed by atoms with Gasteiger partial charge in [0, 0.05) is 163 Å². The number of piperazine rings is 1. The fraction of sp³-hybridized carbons (Fsp3) is 0.325. The molecule has 744 valence electrons. The number of rotatable bonds is 17. The number of hydrogen-bond donors (Lipinski definition) is 3. The molecule has 0 unspecified atom stereocenters. The van der Waals surface area contributed by atoms with Gasteiger partial charge >= 0.3 is 0 Å². The topological polar surface area (TPSA) is 227 Å². The van der Waals surface area contributed by atoms with Gasteiger partial charge in [-0.25, -0.2) is 29.9 Å². The van der Waals surface area contributed by atoms with Crippen LogP contribution < -0.4 is 0 Å². The van der Waals surface area contributed by atoms with E-state index >= 15 is 0 Å². The van der Waals surface area contributed by atoms with Crippen molar-refractivity contribution in [2.45, 2.75) is 233 Å². The molecule has 1 aliphatic rings. The van der Waals surface area contributed by atoms with Gasteiger partial charge in [-0.1, -0.05) is 333 Å². The number of ketones is 4. The minimum absolute atomic E-state index is 0.0583. The zero-order valence-electron chi connectivity index (χ0n) is 89.5. The van der Waals surface area contributed by atoms with E-state index in [-0.39, 0.29) is 23.1 Å². The van der Waals surface area contributed by atoms with E-state index in [0.29, 0.717) is 47.9 Å². The lowest BCUT2D eigenvalue weighted by atomic mass is 10.0. The smallest absolute Gasteiger partial charge is 0.167 e. The summed E-state index contributed by atoms with van der Waals surface area (Å²) >= 11 is 1.56. The molecule has 0 radical (unpaired) electrons. The van der Waals surface area contributed by atoms with Gasteiger partial charge in [-0.3, -0.25) is 29.2 Å². The summed E-state index contributed by atoms with van der Waals surface area (Å²) in [5, 5.41) is 7.58. The van der Waals surface area contributed by atoms with Gasteiger partial charge in [0.2, 0.25) is 0 Å². The van der Waals surface area contributed by atoms with Gasteiger partial charge in [0.05, 0.1) is 71.9 Å². The van der Waals surface area contributed by atoms with Crippen LogP contribution in [0, 0.1) is 54.3 Å². The van der Waals surface area contributed by atoms with E-state index in [1.807, 2.05) is 403 Å². The number of aromatic nitrogens is 13. The van der Waals surface area contributed by atoms with Crippen molar-refractivity contribution >= 4 is 34.5 Å².